The third-order valence-electron chi connectivity index (χ3n) is 3.32. The van der Waals surface area contributed by atoms with Gasteiger partial charge >= 0.3 is 0 Å². The number of carbonyl (C=O) groups excluding carboxylic acids is 1. The molecule has 0 saturated heterocycles. The van der Waals surface area contributed by atoms with Crippen LogP contribution in [0.2, 0.25) is 0 Å². The van der Waals surface area contributed by atoms with Gasteiger partial charge < -0.3 is 5.32 Å². The normalized spacial score (nSPS) is 10.5. The van der Waals surface area contributed by atoms with Crippen molar-refractivity contribution in [3.8, 4) is 0 Å². The van der Waals surface area contributed by atoms with Gasteiger partial charge in [-0.05, 0) is 47.6 Å². The van der Waals surface area contributed by atoms with Crippen LogP contribution in [0.1, 0.15) is 25.0 Å². The maximum Gasteiger partial charge on any atom is 0.228 e. The highest BCUT2D eigenvalue weighted by molar-refractivity contribution is 7.99. The lowest BCUT2D eigenvalue weighted by atomic mass is 10.1. The average Bonchev–Trinajstić information content (AvgIpc) is 2.50. The van der Waals surface area contributed by atoms with E-state index in [0.717, 1.165) is 11.3 Å². The molecule has 0 fully saturated rings. The highest BCUT2D eigenvalue weighted by atomic mass is 32.2. The third-order valence-corrected chi connectivity index (χ3v) is 4.21. The van der Waals surface area contributed by atoms with Gasteiger partial charge in [-0.25, -0.2) is 4.39 Å². The molecule has 0 aliphatic carbocycles. The first kappa shape index (κ1) is 16.6. The number of hydrogen-bond acceptors (Lipinski definition) is 2. The molecular weight excluding hydrogens is 297 g/mol. The van der Waals surface area contributed by atoms with Crippen molar-refractivity contribution in [2.24, 2.45) is 0 Å². The van der Waals surface area contributed by atoms with E-state index in [-0.39, 0.29) is 18.1 Å². The number of nitrogens with one attached hydrogen (secondary N) is 1. The summed E-state index contributed by atoms with van der Waals surface area (Å²) in [5.41, 5.74) is 2.10. The Morgan fingerprint density at radius 3 is 2.45 bits per heavy atom. The second-order valence-corrected chi connectivity index (χ2v) is 6.30. The fraction of sp³-hybridized carbons (Fsp3) is 0.278. The van der Waals surface area contributed by atoms with Crippen molar-refractivity contribution in [1.82, 2.24) is 0 Å². The van der Waals surface area contributed by atoms with E-state index in [9.17, 15) is 9.18 Å². The van der Waals surface area contributed by atoms with E-state index in [1.54, 1.807) is 23.9 Å². The molecule has 4 heteroatoms. The zero-order valence-corrected chi connectivity index (χ0v) is 13.7. The van der Waals surface area contributed by atoms with Crippen LogP contribution in [0, 0.1) is 5.82 Å². The zero-order chi connectivity index (χ0) is 15.9. The summed E-state index contributed by atoms with van der Waals surface area (Å²) in [6.07, 6.45) is 0.927. The van der Waals surface area contributed by atoms with Gasteiger partial charge in [-0.1, -0.05) is 32.0 Å². The van der Waals surface area contributed by atoms with E-state index >= 15 is 0 Å². The molecule has 0 atom stereocenters. The molecule has 116 valence electrons. The van der Waals surface area contributed by atoms with Gasteiger partial charge in [0.15, 0.2) is 0 Å². The van der Waals surface area contributed by atoms with Crippen LogP contribution in [-0.4, -0.2) is 11.7 Å². The highest BCUT2D eigenvalue weighted by Crippen LogP contribution is 2.19. The Hall–Kier alpha value is -1.81. The molecule has 0 bridgehead atoms. The van der Waals surface area contributed by atoms with Crippen LogP contribution >= 0.6 is 11.8 Å². The second-order valence-electron chi connectivity index (χ2n) is 4.96. The van der Waals surface area contributed by atoms with Crippen molar-refractivity contribution in [2.75, 3.05) is 11.1 Å². The molecule has 1 amide bonds. The van der Waals surface area contributed by atoms with Gasteiger partial charge in [-0.3, -0.25) is 4.79 Å². The van der Waals surface area contributed by atoms with Crippen LogP contribution in [0.3, 0.4) is 0 Å². The molecule has 0 radical (unpaired) electrons. The van der Waals surface area contributed by atoms with Gasteiger partial charge in [0.2, 0.25) is 5.91 Å². The molecule has 2 nitrogen and oxygen atoms in total. The first-order valence-corrected chi connectivity index (χ1v) is 8.41. The lowest BCUT2D eigenvalue weighted by Crippen LogP contribution is -2.14. The summed E-state index contributed by atoms with van der Waals surface area (Å²) >= 11 is 1.77. The van der Waals surface area contributed by atoms with Crippen molar-refractivity contribution in [1.29, 1.82) is 0 Å². The number of halogens is 1. The lowest BCUT2D eigenvalue weighted by molar-refractivity contribution is -0.115. The fourth-order valence-electron chi connectivity index (χ4n) is 2.17. The van der Waals surface area contributed by atoms with E-state index in [1.807, 2.05) is 31.2 Å². The Kier molecular flexibility index (Phi) is 6.01. The smallest absolute Gasteiger partial charge is 0.228 e. The van der Waals surface area contributed by atoms with Crippen LogP contribution in [0.4, 0.5) is 10.1 Å². The van der Waals surface area contributed by atoms with Gasteiger partial charge in [-0.2, -0.15) is 0 Å². The van der Waals surface area contributed by atoms with Gasteiger partial charge in [0.05, 0.1) is 6.42 Å². The molecule has 0 unspecified atom stereocenters. The van der Waals surface area contributed by atoms with Crippen molar-refractivity contribution >= 4 is 23.4 Å². The Labute approximate surface area is 135 Å². The third kappa shape index (κ3) is 4.60. The molecule has 0 aliphatic heterocycles. The van der Waals surface area contributed by atoms with E-state index in [4.69, 9.17) is 0 Å². The van der Waals surface area contributed by atoms with Crippen LogP contribution in [0.25, 0.3) is 0 Å². The van der Waals surface area contributed by atoms with Gasteiger partial charge in [-0.15, -0.1) is 11.8 Å². The number of aryl methyl sites for hydroxylation is 1. The molecule has 22 heavy (non-hydrogen) atoms. The number of rotatable bonds is 6. The standard InChI is InChI=1S/C18H20FNOS/c1-3-14-7-8-15(12-17(14)19)20-18(21)11-13-5-9-16(10-6-13)22-4-2/h5-10,12H,3-4,11H2,1-2H3,(H,20,21). The van der Waals surface area contributed by atoms with Crippen LogP contribution < -0.4 is 5.32 Å². The summed E-state index contributed by atoms with van der Waals surface area (Å²) in [4.78, 5) is 13.2. The monoisotopic (exact) mass is 317 g/mol. The Balaban J connectivity index is 1.96. The SMILES string of the molecule is CCSc1ccc(CC(=O)Nc2ccc(CC)c(F)c2)cc1. The van der Waals surface area contributed by atoms with Crippen LogP contribution in [0.5, 0.6) is 0 Å². The molecule has 0 saturated carbocycles. The Morgan fingerprint density at radius 2 is 1.86 bits per heavy atom. The van der Waals surface area contributed by atoms with E-state index in [0.29, 0.717) is 17.7 Å². The lowest BCUT2D eigenvalue weighted by Gasteiger charge is -2.08. The van der Waals surface area contributed by atoms with Crippen molar-refractivity contribution in [3.05, 3.63) is 59.4 Å². The molecule has 0 heterocycles. The summed E-state index contributed by atoms with van der Waals surface area (Å²) in [7, 11) is 0. The Bertz CT molecular complexity index is 640. The molecule has 0 spiro atoms. The van der Waals surface area contributed by atoms with Crippen molar-refractivity contribution < 1.29 is 9.18 Å². The quantitative estimate of drug-likeness (QED) is 0.784. The number of amides is 1. The van der Waals surface area contributed by atoms with Crippen molar-refractivity contribution in [2.45, 2.75) is 31.6 Å². The number of anilines is 1. The van der Waals surface area contributed by atoms with Gasteiger partial charge in [0.1, 0.15) is 5.82 Å². The topological polar surface area (TPSA) is 29.1 Å². The van der Waals surface area contributed by atoms with E-state index < -0.39 is 0 Å². The number of benzene rings is 2. The Morgan fingerprint density at radius 1 is 1.14 bits per heavy atom. The summed E-state index contributed by atoms with van der Waals surface area (Å²) < 4.78 is 13.7. The van der Waals surface area contributed by atoms with Crippen molar-refractivity contribution in [3.63, 3.8) is 0 Å². The second kappa shape index (κ2) is 7.99. The fourth-order valence-corrected chi connectivity index (χ4v) is 2.83. The minimum absolute atomic E-state index is 0.139. The largest absolute Gasteiger partial charge is 0.326 e. The predicted molar refractivity (Wildman–Crippen MR) is 91.0 cm³/mol. The van der Waals surface area contributed by atoms with Gasteiger partial charge in [0, 0.05) is 10.6 Å². The zero-order valence-electron chi connectivity index (χ0n) is 12.9. The number of carbonyl (C=O) groups is 1. The van der Waals surface area contributed by atoms with Crippen LogP contribution in [0.15, 0.2) is 47.4 Å². The van der Waals surface area contributed by atoms with E-state index in [1.165, 1.54) is 11.0 Å². The summed E-state index contributed by atoms with van der Waals surface area (Å²) in [6, 6.07) is 12.8. The molecular formula is C18H20FNOS. The first-order valence-electron chi connectivity index (χ1n) is 7.42. The molecule has 2 rings (SSSR count). The van der Waals surface area contributed by atoms with E-state index in [2.05, 4.69) is 12.2 Å². The highest BCUT2D eigenvalue weighted by Gasteiger charge is 2.07. The number of hydrogen-bond donors (Lipinski definition) is 1. The molecule has 0 aliphatic rings. The molecule has 0 aromatic heterocycles. The summed E-state index contributed by atoms with van der Waals surface area (Å²) in [5.74, 6) is 0.611. The minimum atomic E-state index is -0.277. The maximum absolute atomic E-state index is 13.7. The molecule has 2 aromatic carbocycles. The average molecular weight is 317 g/mol. The first-order chi connectivity index (χ1) is 10.6. The minimum Gasteiger partial charge on any atom is -0.326 e. The predicted octanol–water partition coefficient (Wildman–Crippen LogP) is 4.68. The maximum atomic E-state index is 13.7. The van der Waals surface area contributed by atoms with Gasteiger partial charge in [0.25, 0.3) is 0 Å². The summed E-state index contributed by atoms with van der Waals surface area (Å²) in [5, 5.41) is 2.74. The molecule has 1 N–H and O–H groups in total. The van der Waals surface area contributed by atoms with Crippen LogP contribution in [-0.2, 0) is 17.6 Å². The summed E-state index contributed by atoms with van der Waals surface area (Å²) in [6.45, 7) is 4.01. The number of thioether (sulfide) groups is 1. The molecule has 2 aromatic rings.